The smallest absolute Gasteiger partial charge is 0.234 e. The summed E-state index contributed by atoms with van der Waals surface area (Å²) in [5, 5.41) is 6.01. The monoisotopic (exact) mass is 262 g/mol. The molecule has 106 valence electrons. The van der Waals surface area contributed by atoms with Gasteiger partial charge < -0.3 is 10.6 Å². The Morgan fingerprint density at radius 3 is 2.21 bits per heavy atom. The maximum absolute atomic E-state index is 11.6. The third-order valence-corrected chi connectivity index (χ3v) is 2.98. The van der Waals surface area contributed by atoms with Gasteiger partial charge in [0.15, 0.2) is 0 Å². The van der Waals surface area contributed by atoms with Crippen molar-refractivity contribution in [1.82, 2.24) is 10.6 Å². The van der Waals surface area contributed by atoms with E-state index in [2.05, 4.69) is 55.7 Å². The molecular weight excluding hydrogens is 236 g/mol. The summed E-state index contributed by atoms with van der Waals surface area (Å²) in [5.41, 5.74) is 2.61. The van der Waals surface area contributed by atoms with Gasteiger partial charge in [-0.1, -0.05) is 58.9 Å². The standard InChI is InChI=1S/C16H26N2O/c1-12(2)17-11-15(19)18-10-13-6-8-14(9-7-13)16(3,4)5/h6-9,12,17H,10-11H2,1-5H3,(H,18,19). The van der Waals surface area contributed by atoms with Gasteiger partial charge in [0.2, 0.25) is 5.91 Å². The molecule has 1 amide bonds. The third-order valence-electron chi connectivity index (χ3n) is 2.98. The molecule has 0 saturated carbocycles. The second-order valence-electron chi connectivity index (χ2n) is 6.26. The van der Waals surface area contributed by atoms with Crippen LogP contribution in [-0.2, 0) is 16.8 Å². The molecule has 3 heteroatoms. The van der Waals surface area contributed by atoms with E-state index in [-0.39, 0.29) is 11.3 Å². The molecule has 0 fully saturated rings. The molecule has 0 aliphatic heterocycles. The highest BCUT2D eigenvalue weighted by Crippen LogP contribution is 2.22. The van der Waals surface area contributed by atoms with E-state index < -0.39 is 0 Å². The summed E-state index contributed by atoms with van der Waals surface area (Å²) >= 11 is 0. The fourth-order valence-electron chi connectivity index (χ4n) is 1.68. The number of hydrogen-bond acceptors (Lipinski definition) is 2. The van der Waals surface area contributed by atoms with Gasteiger partial charge in [0, 0.05) is 12.6 Å². The van der Waals surface area contributed by atoms with Crippen LogP contribution in [0.3, 0.4) is 0 Å². The number of rotatable bonds is 5. The normalized spacial score (nSPS) is 11.7. The zero-order valence-corrected chi connectivity index (χ0v) is 12.7. The van der Waals surface area contributed by atoms with Crippen LogP contribution in [0.5, 0.6) is 0 Å². The SMILES string of the molecule is CC(C)NCC(=O)NCc1ccc(C(C)(C)C)cc1. The van der Waals surface area contributed by atoms with Crippen molar-refractivity contribution in [2.24, 2.45) is 0 Å². The van der Waals surface area contributed by atoms with Gasteiger partial charge in [-0.3, -0.25) is 4.79 Å². The largest absolute Gasteiger partial charge is 0.351 e. The van der Waals surface area contributed by atoms with E-state index >= 15 is 0 Å². The zero-order chi connectivity index (χ0) is 14.5. The average molecular weight is 262 g/mol. The highest BCUT2D eigenvalue weighted by molar-refractivity contribution is 5.77. The average Bonchev–Trinajstić information content (AvgIpc) is 2.33. The molecule has 0 heterocycles. The number of amides is 1. The molecule has 2 N–H and O–H groups in total. The first kappa shape index (κ1) is 15.7. The number of carbonyl (C=O) groups excluding carboxylic acids is 1. The summed E-state index contributed by atoms with van der Waals surface area (Å²) in [4.78, 5) is 11.6. The highest BCUT2D eigenvalue weighted by atomic mass is 16.1. The van der Waals surface area contributed by atoms with Crippen LogP contribution in [0.4, 0.5) is 0 Å². The molecule has 0 saturated heterocycles. The molecular formula is C16H26N2O. The lowest BCUT2D eigenvalue weighted by Crippen LogP contribution is -2.36. The Morgan fingerprint density at radius 2 is 1.74 bits per heavy atom. The minimum atomic E-state index is 0.0357. The molecule has 0 atom stereocenters. The van der Waals surface area contributed by atoms with Gasteiger partial charge in [-0.05, 0) is 16.5 Å². The Labute approximate surface area is 116 Å². The maximum Gasteiger partial charge on any atom is 0.234 e. The lowest BCUT2D eigenvalue weighted by Gasteiger charge is -2.19. The quantitative estimate of drug-likeness (QED) is 0.856. The van der Waals surface area contributed by atoms with Gasteiger partial charge >= 0.3 is 0 Å². The molecule has 3 nitrogen and oxygen atoms in total. The molecule has 0 bridgehead atoms. The van der Waals surface area contributed by atoms with Crippen molar-refractivity contribution >= 4 is 5.91 Å². The van der Waals surface area contributed by atoms with E-state index in [1.807, 2.05) is 13.8 Å². The molecule has 0 aliphatic carbocycles. The van der Waals surface area contributed by atoms with Crippen LogP contribution in [0.2, 0.25) is 0 Å². The summed E-state index contributed by atoms with van der Waals surface area (Å²) in [6, 6.07) is 8.76. The van der Waals surface area contributed by atoms with Crippen LogP contribution in [0.25, 0.3) is 0 Å². The number of benzene rings is 1. The first-order valence-corrected chi connectivity index (χ1v) is 6.88. The van der Waals surface area contributed by atoms with Crippen LogP contribution >= 0.6 is 0 Å². The van der Waals surface area contributed by atoms with Crippen LogP contribution in [0.1, 0.15) is 45.7 Å². The van der Waals surface area contributed by atoms with E-state index in [4.69, 9.17) is 0 Å². The first-order valence-electron chi connectivity index (χ1n) is 6.88. The second kappa shape index (κ2) is 6.71. The Balaban J connectivity index is 2.44. The molecule has 0 unspecified atom stereocenters. The molecule has 0 spiro atoms. The van der Waals surface area contributed by atoms with Gasteiger partial charge in [0.25, 0.3) is 0 Å². The van der Waals surface area contributed by atoms with E-state index in [0.29, 0.717) is 19.1 Å². The lowest BCUT2D eigenvalue weighted by molar-refractivity contribution is -0.120. The molecule has 0 radical (unpaired) electrons. The van der Waals surface area contributed by atoms with Crippen molar-refractivity contribution in [3.63, 3.8) is 0 Å². The summed E-state index contributed by atoms with van der Waals surface area (Å²) in [7, 11) is 0. The molecule has 1 rings (SSSR count). The second-order valence-corrected chi connectivity index (χ2v) is 6.26. The zero-order valence-electron chi connectivity index (χ0n) is 12.7. The Bertz CT molecular complexity index is 402. The van der Waals surface area contributed by atoms with Gasteiger partial charge in [-0.15, -0.1) is 0 Å². The minimum Gasteiger partial charge on any atom is -0.351 e. The van der Waals surface area contributed by atoms with Crippen LogP contribution in [-0.4, -0.2) is 18.5 Å². The highest BCUT2D eigenvalue weighted by Gasteiger charge is 2.12. The molecule has 0 aliphatic rings. The molecule has 1 aromatic rings. The third kappa shape index (κ3) is 5.88. The Hall–Kier alpha value is -1.35. The van der Waals surface area contributed by atoms with Gasteiger partial charge in [-0.25, -0.2) is 0 Å². The fourth-order valence-corrected chi connectivity index (χ4v) is 1.68. The van der Waals surface area contributed by atoms with Crippen molar-refractivity contribution in [2.45, 2.75) is 52.6 Å². The van der Waals surface area contributed by atoms with Gasteiger partial charge in [0.05, 0.1) is 6.54 Å². The Kier molecular flexibility index (Phi) is 5.55. The van der Waals surface area contributed by atoms with Crippen molar-refractivity contribution in [3.8, 4) is 0 Å². The predicted molar refractivity (Wildman–Crippen MR) is 80.1 cm³/mol. The summed E-state index contributed by atoms with van der Waals surface area (Å²) in [6.45, 7) is 11.6. The predicted octanol–water partition coefficient (Wildman–Crippen LogP) is 2.60. The molecule has 19 heavy (non-hydrogen) atoms. The minimum absolute atomic E-state index is 0.0357. The van der Waals surface area contributed by atoms with E-state index in [1.54, 1.807) is 0 Å². The topological polar surface area (TPSA) is 41.1 Å². The van der Waals surface area contributed by atoms with Gasteiger partial charge in [-0.2, -0.15) is 0 Å². The Morgan fingerprint density at radius 1 is 1.16 bits per heavy atom. The van der Waals surface area contributed by atoms with Crippen molar-refractivity contribution in [3.05, 3.63) is 35.4 Å². The van der Waals surface area contributed by atoms with E-state index in [0.717, 1.165) is 5.56 Å². The van der Waals surface area contributed by atoms with Crippen molar-refractivity contribution in [2.75, 3.05) is 6.54 Å². The summed E-state index contributed by atoms with van der Waals surface area (Å²) in [5.74, 6) is 0.0357. The van der Waals surface area contributed by atoms with Crippen LogP contribution < -0.4 is 10.6 Å². The summed E-state index contributed by atoms with van der Waals surface area (Å²) in [6.07, 6.45) is 0. The fraction of sp³-hybridized carbons (Fsp3) is 0.562. The van der Waals surface area contributed by atoms with Crippen LogP contribution in [0.15, 0.2) is 24.3 Å². The first-order chi connectivity index (χ1) is 8.79. The summed E-state index contributed by atoms with van der Waals surface area (Å²) < 4.78 is 0. The lowest BCUT2D eigenvalue weighted by atomic mass is 9.87. The van der Waals surface area contributed by atoms with Crippen molar-refractivity contribution in [1.29, 1.82) is 0 Å². The maximum atomic E-state index is 11.6. The molecule has 1 aromatic carbocycles. The number of hydrogen-bond donors (Lipinski definition) is 2. The number of nitrogens with one attached hydrogen (secondary N) is 2. The van der Waals surface area contributed by atoms with Gasteiger partial charge in [0.1, 0.15) is 0 Å². The van der Waals surface area contributed by atoms with Crippen molar-refractivity contribution < 1.29 is 4.79 Å². The van der Waals surface area contributed by atoms with Crippen LogP contribution in [0, 0.1) is 0 Å². The molecule has 0 aromatic heterocycles. The number of carbonyl (C=O) groups is 1. The van der Waals surface area contributed by atoms with E-state index in [9.17, 15) is 4.79 Å². The van der Waals surface area contributed by atoms with E-state index in [1.165, 1.54) is 5.56 Å².